The van der Waals surface area contributed by atoms with Gasteiger partial charge in [0.05, 0.1) is 31.0 Å². The molecule has 3 N–H and O–H groups in total. The van der Waals surface area contributed by atoms with E-state index in [0.717, 1.165) is 112 Å². The van der Waals surface area contributed by atoms with E-state index in [0.29, 0.717) is 61.5 Å². The summed E-state index contributed by atoms with van der Waals surface area (Å²) in [5, 5.41) is 35.4. The van der Waals surface area contributed by atoms with Gasteiger partial charge in [-0.1, -0.05) is 268 Å². The van der Waals surface area contributed by atoms with Crippen molar-refractivity contribution < 1.29 is 98.8 Å². The average Bonchev–Trinajstić information content (AvgIpc) is 0.836. The molecule has 0 bridgehead atoms. The lowest BCUT2D eigenvalue weighted by molar-refractivity contribution is -0.154. The van der Waals surface area contributed by atoms with Crippen LogP contribution in [0.1, 0.15) is 113 Å². The molecule has 2 atom stereocenters. The van der Waals surface area contributed by atoms with Crippen molar-refractivity contribution in [3.63, 3.8) is 0 Å². The molecule has 130 heavy (non-hydrogen) atoms. The standard InChI is InChI=1S/C35H29F6NO2.C35H30F5NO2.C35H28F5NO2/c1-22-10-13-26-6-3-4-9-30(26)31(22)21-42(20-29-16-17-32(44-29)34(36,37)38)19-24-11-14-25(15-12-24)27-7-5-8-28(18-27)33(23(2)43)35(39,40)41;2*1-22-10-13-26-6-3-4-9-30(26)31(22)21-41(20-29-16-17-32(43-29)35(38,39)40)19-24-11-14-25(15-12-24)27-7-5-8-28(18-27)33(23(2)42)34(36)37/h3-18,33,43H,2,19-21H2,1H3;3-18,33-34,42H,2,19-21H2,1H3;3-18,42H,2,19-21H2,1H3. The summed E-state index contributed by atoms with van der Waals surface area (Å²) < 4.78 is 229. The molecule has 3 aromatic heterocycles. The summed E-state index contributed by atoms with van der Waals surface area (Å²) >= 11 is 0. The van der Waals surface area contributed by atoms with Crippen LogP contribution in [0.4, 0.5) is 70.2 Å². The van der Waals surface area contributed by atoms with Gasteiger partial charge < -0.3 is 28.6 Å². The zero-order valence-corrected chi connectivity index (χ0v) is 70.4. The topological polar surface area (TPSA) is 110 Å². The molecular weight excluding hydrogens is 1700 g/mol. The molecule has 0 aliphatic carbocycles. The van der Waals surface area contributed by atoms with Crippen LogP contribution in [-0.2, 0) is 77.4 Å². The van der Waals surface area contributed by atoms with Gasteiger partial charge in [-0.3, -0.25) is 14.7 Å². The Morgan fingerprint density at radius 2 is 0.654 bits per heavy atom. The quantitative estimate of drug-likeness (QED) is 0.0251. The predicted octanol–water partition coefficient (Wildman–Crippen LogP) is 30.7. The number of benzene rings is 12. The first-order valence-electron chi connectivity index (χ1n) is 41.0. The SMILES string of the molecule is C=C(O)C(=C(F)F)c1cccc(-c2ccc(CN(Cc3ccc(C(F)(F)F)o3)Cc3c(C)ccc4ccccc34)cc2)c1.C=C(O)C(c1cccc(-c2ccc(CN(Cc3ccc(C(F)(F)F)o3)Cc3c(C)ccc4ccccc34)cc2)c1)C(F)(F)F.C=C(O)C(c1cccc(-c2ccc(CN(Cc3ccc(C(F)(F)F)o3)Cc3c(C)ccc4ccccc34)cc2)c1)C(F)F. The van der Waals surface area contributed by atoms with Crippen LogP contribution in [0.15, 0.2) is 348 Å². The summed E-state index contributed by atoms with van der Waals surface area (Å²) in [7, 11) is 0. The molecule has 25 heteroatoms. The molecule has 0 spiro atoms. The normalized spacial score (nSPS) is 12.5. The van der Waals surface area contributed by atoms with Gasteiger partial charge in [0.1, 0.15) is 40.6 Å². The summed E-state index contributed by atoms with van der Waals surface area (Å²) in [4.78, 5) is 6.05. The summed E-state index contributed by atoms with van der Waals surface area (Å²) in [6.45, 7) is 18.7. The van der Waals surface area contributed by atoms with E-state index in [4.69, 9.17) is 13.3 Å². The van der Waals surface area contributed by atoms with Crippen LogP contribution in [0.5, 0.6) is 0 Å². The molecule has 0 aliphatic heterocycles. The Hall–Kier alpha value is -13.6. The predicted molar refractivity (Wildman–Crippen MR) is 474 cm³/mol. The molecule has 9 nitrogen and oxygen atoms in total. The lowest BCUT2D eigenvalue weighted by atomic mass is 9.93. The number of hydrogen-bond acceptors (Lipinski definition) is 9. The number of aliphatic hydroxyl groups excluding tert-OH is 3. The van der Waals surface area contributed by atoms with Gasteiger partial charge in [0.25, 0.3) is 12.5 Å². The van der Waals surface area contributed by atoms with E-state index in [-0.39, 0.29) is 53.6 Å². The van der Waals surface area contributed by atoms with Gasteiger partial charge in [-0.15, -0.1) is 0 Å². The maximum Gasteiger partial charge on any atom is 0.449 e. The monoisotopic (exact) mass is 1790 g/mol. The fourth-order valence-corrected chi connectivity index (χ4v) is 15.9. The molecule has 670 valence electrons. The molecule has 3 heterocycles. The molecule has 15 rings (SSSR count). The van der Waals surface area contributed by atoms with Gasteiger partial charge >= 0.3 is 24.7 Å². The lowest BCUT2D eigenvalue weighted by Crippen LogP contribution is -2.23. The Labute approximate surface area is 739 Å². The van der Waals surface area contributed by atoms with E-state index in [1.807, 2.05) is 205 Å². The molecule has 12 aromatic carbocycles. The summed E-state index contributed by atoms with van der Waals surface area (Å²) in [5.41, 5.74) is 12.8. The number of aliphatic hydroxyl groups is 3. The van der Waals surface area contributed by atoms with E-state index in [1.54, 1.807) is 54.6 Å². The molecule has 0 saturated carbocycles. The largest absolute Gasteiger partial charge is 0.512 e. The van der Waals surface area contributed by atoms with Crippen LogP contribution in [0, 0.1) is 20.8 Å². The summed E-state index contributed by atoms with van der Waals surface area (Å²) in [6.07, 6.45) is -23.3. The Bertz CT molecular complexity index is 6530. The van der Waals surface area contributed by atoms with Gasteiger partial charge in [-0.25, -0.2) is 8.78 Å². The van der Waals surface area contributed by atoms with Crippen LogP contribution in [0.2, 0.25) is 0 Å². The highest BCUT2D eigenvalue weighted by atomic mass is 19.4. The third-order valence-electron chi connectivity index (χ3n) is 22.4. The number of fused-ring (bicyclic) bond motifs is 3. The van der Waals surface area contributed by atoms with Crippen LogP contribution >= 0.6 is 0 Å². The first-order chi connectivity index (χ1) is 61.8. The molecule has 2 unspecified atom stereocenters. The highest BCUT2D eigenvalue weighted by molar-refractivity contribution is 5.89. The third-order valence-corrected chi connectivity index (χ3v) is 22.4. The number of furan rings is 3. The van der Waals surface area contributed by atoms with Crippen molar-refractivity contribution in [3.05, 3.63) is 436 Å². The highest BCUT2D eigenvalue weighted by Crippen LogP contribution is 2.43. The first kappa shape index (κ1) is 94.0. The van der Waals surface area contributed by atoms with Gasteiger partial charge in [0, 0.05) is 39.3 Å². The molecule has 0 saturated heterocycles. The maximum atomic E-state index is 13.6. The number of allylic oxidation sites excluding steroid dienone is 3. The van der Waals surface area contributed by atoms with E-state index in [2.05, 4.69) is 19.7 Å². The van der Waals surface area contributed by atoms with Crippen molar-refractivity contribution in [2.45, 2.75) is 123 Å². The van der Waals surface area contributed by atoms with Gasteiger partial charge in [-0.05, 0) is 196 Å². The molecule has 0 aliphatic rings. The maximum absolute atomic E-state index is 13.6. The average molecular weight is 1790 g/mol. The number of aryl methyl sites for hydroxylation is 3. The Kier molecular flexibility index (Phi) is 29.2. The lowest BCUT2D eigenvalue weighted by Gasteiger charge is -2.24. The molecule has 0 fully saturated rings. The van der Waals surface area contributed by atoms with Crippen LogP contribution in [0.3, 0.4) is 0 Å². The van der Waals surface area contributed by atoms with Crippen molar-refractivity contribution >= 4 is 37.9 Å². The summed E-state index contributed by atoms with van der Waals surface area (Å²) in [5.74, 6) is -8.52. The van der Waals surface area contributed by atoms with E-state index >= 15 is 0 Å². The van der Waals surface area contributed by atoms with E-state index < -0.39 is 89.2 Å². The molecule has 0 amide bonds. The molecule has 0 radical (unpaired) electrons. The smallest absolute Gasteiger partial charge is 0.449 e. The molecular formula is C105H87F16N3O6. The molecule has 15 aromatic rings. The summed E-state index contributed by atoms with van der Waals surface area (Å²) in [6, 6.07) is 84.1. The van der Waals surface area contributed by atoms with Gasteiger partial charge in [0.15, 0.2) is 0 Å². The number of nitrogens with zero attached hydrogens (tertiary/aromatic N) is 3. The van der Waals surface area contributed by atoms with Gasteiger partial charge in [0.2, 0.25) is 17.3 Å². The zero-order chi connectivity index (χ0) is 93.1. The Balaban J connectivity index is 0.000000166. The fourth-order valence-electron chi connectivity index (χ4n) is 15.9. The highest BCUT2D eigenvalue weighted by Gasteiger charge is 2.44. The minimum atomic E-state index is -4.70. The minimum absolute atomic E-state index is 0.117. The fraction of sp³-hybridized carbons (Fsp3) is 0.181. The van der Waals surface area contributed by atoms with Crippen molar-refractivity contribution in [2.75, 3.05) is 0 Å². The van der Waals surface area contributed by atoms with Crippen molar-refractivity contribution in [1.29, 1.82) is 0 Å². The Morgan fingerprint density at radius 3 is 0.954 bits per heavy atom. The second-order valence-corrected chi connectivity index (χ2v) is 31.7. The van der Waals surface area contributed by atoms with E-state index in [1.165, 1.54) is 48.5 Å². The van der Waals surface area contributed by atoms with Crippen molar-refractivity contribution in [1.82, 2.24) is 14.7 Å². The second-order valence-electron chi connectivity index (χ2n) is 31.7. The number of halogens is 16. The number of hydrogen-bond donors (Lipinski definition) is 3. The minimum Gasteiger partial charge on any atom is -0.512 e. The Morgan fingerprint density at radius 1 is 0.331 bits per heavy atom. The van der Waals surface area contributed by atoms with Gasteiger partial charge in [-0.2, -0.15) is 61.5 Å². The van der Waals surface area contributed by atoms with Crippen molar-refractivity contribution in [3.8, 4) is 33.4 Å². The zero-order valence-electron chi connectivity index (χ0n) is 70.4. The van der Waals surface area contributed by atoms with Crippen molar-refractivity contribution in [2.24, 2.45) is 0 Å². The van der Waals surface area contributed by atoms with Crippen LogP contribution < -0.4 is 0 Å². The van der Waals surface area contributed by atoms with Crippen LogP contribution in [0.25, 0.3) is 71.3 Å². The second kappa shape index (κ2) is 40.4. The number of rotatable bonds is 28. The van der Waals surface area contributed by atoms with E-state index in [9.17, 15) is 85.6 Å². The number of alkyl halides is 14. The van der Waals surface area contributed by atoms with Crippen LogP contribution in [-0.4, -0.2) is 42.6 Å². The first-order valence-corrected chi connectivity index (χ1v) is 41.0. The third kappa shape index (κ3) is 23.6.